The van der Waals surface area contributed by atoms with Crippen molar-refractivity contribution in [3.05, 3.63) is 78.3 Å². The van der Waals surface area contributed by atoms with Gasteiger partial charge in [-0.15, -0.1) is 0 Å². The van der Waals surface area contributed by atoms with E-state index in [9.17, 15) is 18.0 Å². The van der Waals surface area contributed by atoms with Gasteiger partial charge in [0.25, 0.3) is 0 Å². The summed E-state index contributed by atoms with van der Waals surface area (Å²) in [6.07, 6.45) is 0.976. The Kier molecular flexibility index (Phi) is 5.77. The Bertz CT molecular complexity index is 922. The van der Waals surface area contributed by atoms with Crippen molar-refractivity contribution in [2.75, 3.05) is 19.6 Å². The molecule has 0 bridgehead atoms. The minimum atomic E-state index is -4.63. The monoisotopic (exact) mass is 429 g/mol. The second kappa shape index (κ2) is 8.36. The largest absolute Gasteiger partial charge is 0.404 e. The van der Waals surface area contributed by atoms with E-state index >= 15 is 0 Å². The fourth-order valence-electron chi connectivity index (χ4n) is 5.12. The van der Waals surface area contributed by atoms with Gasteiger partial charge < -0.3 is 10.2 Å². The topological polar surface area (TPSA) is 45.2 Å². The van der Waals surface area contributed by atoms with Gasteiger partial charge in [0, 0.05) is 43.6 Å². The average molecular weight is 429 g/mol. The van der Waals surface area contributed by atoms with E-state index in [0.29, 0.717) is 32.5 Å². The predicted octanol–water partition coefficient (Wildman–Crippen LogP) is 4.63. The maximum atomic E-state index is 13.8. The first-order valence-electron chi connectivity index (χ1n) is 10.5. The summed E-state index contributed by atoms with van der Waals surface area (Å²) in [7, 11) is 0. The fourth-order valence-corrected chi connectivity index (χ4v) is 5.12. The number of hydrogen-bond acceptors (Lipinski definition) is 3. The van der Waals surface area contributed by atoms with Crippen molar-refractivity contribution in [1.82, 2.24) is 15.2 Å². The van der Waals surface area contributed by atoms with Crippen molar-refractivity contribution in [1.29, 1.82) is 0 Å². The number of carbonyl (C=O) groups excluding carboxylic acids is 1. The van der Waals surface area contributed by atoms with E-state index in [4.69, 9.17) is 0 Å². The molecule has 0 radical (unpaired) electrons. The maximum Gasteiger partial charge on any atom is 0.404 e. The number of nitrogens with one attached hydrogen (secondary N) is 1. The lowest BCUT2D eigenvalue weighted by molar-refractivity contribution is -0.173. The van der Waals surface area contributed by atoms with E-state index in [1.165, 1.54) is 29.2 Å². The smallest absolute Gasteiger partial charge is 0.388 e. The van der Waals surface area contributed by atoms with Crippen molar-refractivity contribution in [3.63, 3.8) is 0 Å². The lowest BCUT2D eigenvalue weighted by Crippen LogP contribution is -2.52. The number of likely N-dealkylation sites (tertiary alicyclic amines) is 1. The number of allylic oxidation sites excluding steroid dienone is 1. The van der Waals surface area contributed by atoms with Gasteiger partial charge in [0.1, 0.15) is 0 Å². The summed E-state index contributed by atoms with van der Waals surface area (Å²) in [5.74, 6) is -2.81. The summed E-state index contributed by atoms with van der Waals surface area (Å²) in [4.78, 5) is 18.6. The van der Waals surface area contributed by atoms with Crippen LogP contribution in [0.3, 0.4) is 0 Å². The molecule has 0 aliphatic carbocycles. The standard InChI is InChI=1S/C24H26F3N3O/c1-17-14-23(20(16-29-17)19-8-5-11-28-15-19)9-12-30(13-10-23)22(31)21(24(25,26)27)18-6-3-2-4-7-18/h2-8,11,15,20-21,29H,1,9-10,12-14,16H2. The first-order valence-corrected chi connectivity index (χ1v) is 10.5. The van der Waals surface area contributed by atoms with E-state index in [1.807, 2.05) is 18.3 Å². The van der Waals surface area contributed by atoms with Crippen LogP contribution in [-0.2, 0) is 4.79 Å². The lowest BCUT2D eigenvalue weighted by Gasteiger charge is -2.50. The number of hydrogen-bond donors (Lipinski definition) is 1. The van der Waals surface area contributed by atoms with E-state index in [2.05, 4.69) is 16.9 Å². The molecular formula is C24H26F3N3O. The van der Waals surface area contributed by atoms with Crippen LogP contribution < -0.4 is 5.32 Å². The molecule has 31 heavy (non-hydrogen) atoms. The molecule has 2 aromatic rings. The van der Waals surface area contributed by atoms with E-state index in [0.717, 1.165) is 17.7 Å². The lowest BCUT2D eigenvalue weighted by atomic mass is 9.62. The zero-order valence-electron chi connectivity index (χ0n) is 17.2. The minimum absolute atomic E-state index is 0.0104. The number of benzene rings is 1. The van der Waals surface area contributed by atoms with Gasteiger partial charge in [0.05, 0.1) is 0 Å². The van der Waals surface area contributed by atoms with E-state index in [1.54, 1.807) is 12.3 Å². The predicted molar refractivity (Wildman–Crippen MR) is 112 cm³/mol. The fraction of sp³-hybridized carbons (Fsp3) is 0.417. The highest BCUT2D eigenvalue weighted by molar-refractivity contribution is 5.84. The molecular weight excluding hydrogens is 403 g/mol. The molecule has 1 amide bonds. The van der Waals surface area contributed by atoms with Crippen LogP contribution in [0.25, 0.3) is 0 Å². The first-order chi connectivity index (χ1) is 14.8. The molecule has 1 spiro atoms. The van der Waals surface area contributed by atoms with Crippen molar-refractivity contribution < 1.29 is 18.0 Å². The van der Waals surface area contributed by atoms with Crippen LogP contribution >= 0.6 is 0 Å². The zero-order valence-corrected chi connectivity index (χ0v) is 17.2. The van der Waals surface area contributed by atoms with Gasteiger partial charge in [-0.25, -0.2) is 0 Å². The summed E-state index contributed by atoms with van der Waals surface area (Å²) < 4.78 is 41.5. The number of pyridine rings is 1. The third kappa shape index (κ3) is 4.31. The Balaban J connectivity index is 1.55. The van der Waals surface area contributed by atoms with Gasteiger partial charge in [-0.05, 0) is 41.9 Å². The molecule has 2 aliphatic rings. The highest BCUT2D eigenvalue weighted by Gasteiger charge is 2.50. The van der Waals surface area contributed by atoms with E-state index < -0.39 is 18.0 Å². The van der Waals surface area contributed by atoms with Gasteiger partial charge in [-0.2, -0.15) is 13.2 Å². The Hall–Kier alpha value is -2.83. The van der Waals surface area contributed by atoms with Crippen molar-refractivity contribution in [3.8, 4) is 0 Å². The summed E-state index contributed by atoms with van der Waals surface area (Å²) in [5.41, 5.74) is 1.91. The maximum absolute atomic E-state index is 13.8. The van der Waals surface area contributed by atoms with Gasteiger partial charge in [0.15, 0.2) is 5.92 Å². The summed E-state index contributed by atoms with van der Waals surface area (Å²) in [6, 6.07) is 11.4. The van der Waals surface area contributed by atoms with Gasteiger partial charge in [0.2, 0.25) is 5.91 Å². The van der Waals surface area contributed by atoms with Crippen LogP contribution in [0.5, 0.6) is 0 Å². The Morgan fingerprint density at radius 1 is 1.16 bits per heavy atom. The summed E-state index contributed by atoms with van der Waals surface area (Å²) in [6.45, 7) is 5.42. The molecule has 2 aliphatic heterocycles. The Morgan fingerprint density at radius 3 is 2.48 bits per heavy atom. The molecule has 3 heterocycles. The molecule has 1 aromatic carbocycles. The average Bonchev–Trinajstić information content (AvgIpc) is 2.75. The van der Waals surface area contributed by atoms with Crippen LogP contribution in [0.2, 0.25) is 0 Å². The number of piperidine rings is 2. The molecule has 1 N–H and O–H groups in total. The number of nitrogens with zero attached hydrogens (tertiary/aromatic N) is 2. The van der Waals surface area contributed by atoms with Crippen LogP contribution in [-0.4, -0.2) is 41.6 Å². The second-order valence-electron chi connectivity index (χ2n) is 8.57. The Morgan fingerprint density at radius 2 is 1.87 bits per heavy atom. The van der Waals surface area contributed by atoms with Crippen molar-refractivity contribution >= 4 is 5.91 Å². The van der Waals surface area contributed by atoms with Crippen molar-refractivity contribution in [2.45, 2.75) is 37.3 Å². The van der Waals surface area contributed by atoms with Crippen LogP contribution in [0.4, 0.5) is 13.2 Å². The molecule has 7 heteroatoms. The molecule has 164 valence electrons. The number of amides is 1. The van der Waals surface area contributed by atoms with Crippen LogP contribution in [0.15, 0.2) is 67.1 Å². The first kappa shape index (κ1) is 21.4. The number of carbonyl (C=O) groups is 1. The number of halogens is 3. The van der Waals surface area contributed by atoms with E-state index in [-0.39, 0.29) is 16.9 Å². The Labute approximate surface area is 180 Å². The highest BCUT2D eigenvalue weighted by atomic mass is 19.4. The second-order valence-corrected chi connectivity index (χ2v) is 8.57. The van der Waals surface area contributed by atoms with Crippen LogP contribution in [0, 0.1) is 5.41 Å². The molecule has 4 nitrogen and oxygen atoms in total. The SMILES string of the molecule is C=C1CC2(CCN(C(=O)C(c3ccccc3)C(F)(F)F)CC2)C(c2cccnc2)CN1. The third-order valence-electron chi connectivity index (χ3n) is 6.73. The molecule has 2 saturated heterocycles. The summed E-state index contributed by atoms with van der Waals surface area (Å²) in [5, 5.41) is 3.34. The molecule has 4 rings (SSSR count). The van der Waals surface area contributed by atoms with Gasteiger partial charge >= 0.3 is 6.18 Å². The minimum Gasteiger partial charge on any atom is -0.388 e. The number of aromatic nitrogens is 1. The normalized spacial score (nSPS) is 22.1. The van der Waals surface area contributed by atoms with Gasteiger partial charge in [-0.1, -0.05) is 43.0 Å². The highest BCUT2D eigenvalue weighted by Crippen LogP contribution is 2.50. The third-order valence-corrected chi connectivity index (χ3v) is 6.73. The number of rotatable bonds is 3. The van der Waals surface area contributed by atoms with Crippen molar-refractivity contribution in [2.24, 2.45) is 5.41 Å². The zero-order chi connectivity index (χ0) is 22.1. The molecule has 2 fully saturated rings. The number of alkyl halides is 3. The molecule has 2 atom stereocenters. The van der Waals surface area contributed by atoms with Crippen LogP contribution in [0.1, 0.15) is 42.2 Å². The summed E-state index contributed by atoms with van der Waals surface area (Å²) >= 11 is 0. The van der Waals surface area contributed by atoms with Gasteiger partial charge in [-0.3, -0.25) is 9.78 Å². The quantitative estimate of drug-likeness (QED) is 0.774. The molecule has 2 unspecified atom stereocenters. The molecule has 0 saturated carbocycles. The molecule has 1 aromatic heterocycles.